The average molecular weight is 240 g/mol. The Hall–Kier alpha value is -1.36. The number of likely N-dealkylation sites (tertiary alicyclic amines) is 1. The molecule has 1 saturated heterocycles. The molecule has 1 heterocycles. The molecule has 0 aromatic carbocycles. The first-order valence-electron chi connectivity index (χ1n) is 5.83. The number of hydrogen-bond acceptors (Lipinski definition) is 4. The minimum Gasteiger partial charge on any atom is -0.469 e. The fourth-order valence-corrected chi connectivity index (χ4v) is 2.02. The molecule has 0 aromatic rings. The van der Waals surface area contributed by atoms with Gasteiger partial charge in [0.1, 0.15) is 0 Å². The zero-order valence-corrected chi connectivity index (χ0v) is 10.2. The quantitative estimate of drug-likeness (QED) is 0.566. The summed E-state index contributed by atoms with van der Waals surface area (Å²) in [4.78, 5) is 24.9. The first-order valence-corrected chi connectivity index (χ1v) is 5.83. The molecular weight excluding hydrogens is 220 g/mol. The van der Waals surface area contributed by atoms with E-state index >= 15 is 0 Å². The van der Waals surface area contributed by atoms with Gasteiger partial charge in [-0.3, -0.25) is 9.59 Å². The number of carbonyl (C=O) groups is 2. The molecule has 1 unspecified atom stereocenters. The second-order valence-corrected chi connectivity index (χ2v) is 4.25. The van der Waals surface area contributed by atoms with Crippen LogP contribution in [0.25, 0.3) is 0 Å². The maximum atomic E-state index is 11.9. The van der Waals surface area contributed by atoms with Crippen molar-refractivity contribution in [2.45, 2.75) is 25.3 Å². The van der Waals surface area contributed by atoms with Crippen molar-refractivity contribution in [2.75, 3.05) is 20.2 Å². The van der Waals surface area contributed by atoms with Crippen LogP contribution in [0.15, 0.2) is 12.7 Å². The lowest BCUT2D eigenvalue weighted by Gasteiger charge is -2.32. The monoisotopic (exact) mass is 240 g/mol. The molecule has 1 amide bonds. The molecule has 0 aromatic heterocycles. The van der Waals surface area contributed by atoms with E-state index in [0.29, 0.717) is 32.4 Å². The van der Waals surface area contributed by atoms with Crippen molar-refractivity contribution in [1.82, 2.24) is 4.90 Å². The standard InChI is InChI=1S/C12H20N2O3/c1-3-4-10(13)11(15)14-7-5-9(6-8-14)12(16)17-2/h3,9-10H,1,4-8,13H2,2H3. The van der Waals surface area contributed by atoms with Crippen LogP contribution in [0.2, 0.25) is 0 Å². The number of hydrogen-bond donors (Lipinski definition) is 1. The minimum atomic E-state index is -0.512. The van der Waals surface area contributed by atoms with E-state index in [1.54, 1.807) is 11.0 Å². The van der Waals surface area contributed by atoms with Crippen LogP contribution in [0, 0.1) is 5.92 Å². The molecule has 1 atom stereocenters. The number of nitrogens with two attached hydrogens (primary N) is 1. The van der Waals surface area contributed by atoms with Gasteiger partial charge in [0.2, 0.25) is 5.91 Å². The molecular formula is C12H20N2O3. The highest BCUT2D eigenvalue weighted by molar-refractivity contribution is 5.82. The Morgan fingerprint density at radius 2 is 2.12 bits per heavy atom. The van der Waals surface area contributed by atoms with Gasteiger partial charge in [-0.25, -0.2) is 0 Å². The van der Waals surface area contributed by atoms with E-state index in [2.05, 4.69) is 6.58 Å². The summed E-state index contributed by atoms with van der Waals surface area (Å²) in [5, 5.41) is 0. The first-order chi connectivity index (χ1) is 8.10. The van der Waals surface area contributed by atoms with Crippen LogP contribution in [0.1, 0.15) is 19.3 Å². The van der Waals surface area contributed by atoms with Gasteiger partial charge in [0.15, 0.2) is 0 Å². The van der Waals surface area contributed by atoms with Crippen LogP contribution in [0.4, 0.5) is 0 Å². The summed E-state index contributed by atoms with van der Waals surface area (Å²) < 4.78 is 4.69. The van der Waals surface area contributed by atoms with Gasteiger partial charge in [-0.1, -0.05) is 6.08 Å². The maximum absolute atomic E-state index is 11.9. The summed E-state index contributed by atoms with van der Waals surface area (Å²) >= 11 is 0. The predicted molar refractivity (Wildman–Crippen MR) is 64.1 cm³/mol. The molecule has 0 radical (unpaired) electrons. The number of ether oxygens (including phenoxy) is 1. The Bertz CT molecular complexity index is 296. The first kappa shape index (κ1) is 13.7. The Kier molecular flexibility index (Phi) is 5.15. The van der Waals surface area contributed by atoms with Crippen molar-refractivity contribution in [2.24, 2.45) is 11.7 Å². The number of piperidine rings is 1. The average Bonchev–Trinajstić information content (AvgIpc) is 2.37. The van der Waals surface area contributed by atoms with Gasteiger partial charge in [0.25, 0.3) is 0 Å². The van der Waals surface area contributed by atoms with Crippen molar-refractivity contribution in [1.29, 1.82) is 0 Å². The SMILES string of the molecule is C=CCC(N)C(=O)N1CCC(C(=O)OC)CC1. The van der Waals surface area contributed by atoms with E-state index in [9.17, 15) is 9.59 Å². The highest BCUT2D eigenvalue weighted by Gasteiger charge is 2.29. The minimum absolute atomic E-state index is 0.0618. The molecule has 0 bridgehead atoms. The van der Waals surface area contributed by atoms with E-state index in [1.807, 2.05) is 0 Å². The molecule has 1 aliphatic rings. The summed E-state index contributed by atoms with van der Waals surface area (Å²) in [6.45, 7) is 4.71. The van der Waals surface area contributed by atoms with Gasteiger partial charge < -0.3 is 15.4 Å². The Balaban J connectivity index is 2.43. The lowest BCUT2D eigenvalue weighted by molar-refractivity contribution is -0.149. The maximum Gasteiger partial charge on any atom is 0.308 e. The van der Waals surface area contributed by atoms with Gasteiger partial charge in [-0.15, -0.1) is 6.58 Å². The van der Waals surface area contributed by atoms with Crippen molar-refractivity contribution < 1.29 is 14.3 Å². The molecule has 1 fully saturated rings. The van der Waals surface area contributed by atoms with Gasteiger partial charge in [-0.2, -0.15) is 0 Å². The number of carbonyl (C=O) groups excluding carboxylic acids is 2. The van der Waals surface area contributed by atoms with Gasteiger partial charge >= 0.3 is 5.97 Å². The molecule has 5 heteroatoms. The topological polar surface area (TPSA) is 72.6 Å². The van der Waals surface area contributed by atoms with Crippen LogP contribution in [0.5, 0.6) is 0 Å². The van der Waals surface area contributed by atoms with Crippen molar-refractivity contribution in [3.05, 3.63) is 12.7 Å². The summed E-state index contributed by atoms with van der Waals surface area (Å²) in [6.07, 6.45) is 3.43. The molecule has 5 nitrogen and oxygen atoms in total. The Labute approximate surface area is 102 Å². The van der Waals surface area contributed by atoms with Crippen LogP contribution < -0.4 is 5.73 Å². The zero-order chi connectivity index (χ0) is 12.8. The molecule has 0 aliphatic carbocycles. The summed E-state index contributed by atoms with van der Waals surface area (Å²) in [5.41, 5.74) is 5.73. The zero-order valence-electron chi connectivity index (χ0n) is 10.2. The summed E-state index contributed by atoms with van der Waals surface area (Å²) in [6, 6.07) is -0.512. The second-order valence-electron chi connectivity index (χ2n) is 4.25. The molecule has 96 valence electrons. The number of rotatable bonds is 4. The molecule has 2 N–H and O–H groups in total. The second kappa shape index (κ2) is 6.39. The third kappa shape index (κ3) is 3.56. The van der Waals surface area contributed by atoms with Crippen molar-refractivity contribution >= 4 is 11.9 Å². The van der Waals surface area contributed by atoms with Gasteiger partial charge in [0, 0.05) is 13.1 Å². The van der Waals surface area contributed by atoms with Crippen LogP contribution >= 0.6 is 0 Å². The third-order valence-electron chi connectivity index (χ3n) is 3.08. The highest BCUT2D eigenvalue weighted by atomic mass is 16.5. The van der Waals surface area contributed by atoms with Gasteiger partial charge in [0.05, 0.1) is 19.1 Å². The lowest BCUT2D eigenvalue weighted by atomic mass is 9.96. The highest BCUT2D eigenvalue weighted by Crippen LogP contribution is 2.19. The smallest absolute Gasteiger partial charge is 0.308 e. The third-order valence-corrected chi connectivity index (χ3v) is 3.08. The van der Waals surface area contributed by atoms with Crippen LogP contribution in [-0.2, 0) is 14.3 Å². The predicted octanol–water partition coefficient (Wildman–Crippen LogP) is 0.301. The van der Waals surface area contributed by atoms with Crippen molar-refractivity contribution in [3.63, 3.8) is 0 Å². The number of methoxy groups -OCH3 is 1. The normalized spacial score (nSPS) is 18.6. The number of nitrogens with zero attached hydrogens (tertiary/aromatic N) is 1. The lowest BCUT2D eigenvalue weighted by Crippen LogP contribution is -2.47. The Morgan fingerprint density at radius 3 is 2.59 bits per heavy atom. The fourth-order valence-electron chi connectivity index (χ4n) is 2.02. The molecule has 1 aliphatic heterocycles. The van der Waals surface area contributed by atoms with E-state index in [4.69, 9.17) is 10.5 Å². The van der Waals surface area contributed by atoms with E-state index in [-0.39, 0.29) is 17.8 Å². The van der Waals surface area contributed by atoms with E-state index in [0.717, 1.165) is 0 Å². The molecule has 17 heavy (non-hydrogen) atoms. The van der Waals surface area contributed by atoms with Crippen molar-refractivity contribution in [3.8, 4) is 0 Å². The van der Waals surface area contributed by atoms with Gasteiger partial charge in [-0.05, 0) is 19.3 Å². The van der Waals surface area contributed by atoms with E-state index in [1.165, 1.54) is 7.11 Å². The Morgan fingerprint density at radius 1 is 1.53 bits per heavy atom. The number of amides is 1. The molecule has 0 saturated carbocycles. The molecule has 1 rings (SSSR count). The van der Waals surface area contributed by atoms with Crippen LogP contribution in [0.3, 0.4) is 0 Å². The summed E-state index contributed by atoms with van der Waals surface area (Å²) in [7, 11) is 1.39. The molecule has 0 spiro atoms. The van der Waals surface area contributed by atoms with Crippen LogP contribution in [-0.4, -0.2) is 43.0 Å². The fraction of sp³-hybridized carbons (Fsp3) is 0.667. The van der Waals surface area contributed by atoms with E-state index < -0.39 is 6.04 Å². The number of esters is 1. The largest absolute Gasteiger partial charge is 0.469 e. The summed E-state index contributed by atoms with van der Waals surface area (Å²) in [5.74, 6) is -0.333.